The summed E-state index contributed by atoms with van der Waals surface area (Å²) < 4.78 is 47.5. The van der Waals surface area contributed by atoms with E-state index in [1.54, 1.807) is 44.3 Å². The molecule has 2 N–H and O–H groups in total. The number of nitrogens with zero attached hydrogens (tertiary/aromatic N) is 4. The van der Waals surface area contributed by atoms with Crippen LogP contribution in [0.2, 0.25) is 0 Å². The van der Waals surface area contributed by atoms with Crippen molar-refractivity contribution >= 4 is 16.7 Å². The molecule has 1 saturated heterocycles. The number of nitriles is 1. The molecule has 0 radical (unpaired) electrons. The Bertz CT molecular complexity index is 1310. The number of hydrogen-bond acceptors (Lipinski definition) is 6. The number of alkyl halides is 3. The van der Waals surface area contributed by atoms with Gasteiger partial charge in [0.05, 0.1) is 58.0 Å². The molecule has 1 aliphatic heterocycles. The van der Waals surface area contributed by atoms with Crippen molar-refractivity contribution in [1.82, 2.24) is 19.9 Å². The lowest BCUT2D eigenvalue weighted by Gasteiger charge is -2.23. The summed E-state index contributed by atoms with van der Waals surface area (Å²) in [5.41, 5.74) is 2.16. The van der Waals surface area contributed by atoms with Gasteiger partial charge in [0.1, 0.15) is 0 Å². The van der Waals surface area contributed by atoms with E-state index in [4.69, 9.17) is 4.74 Å². The molecule has 4 heterocycles. The summed E-state index contributed by atoms with van der Waals surface area (Å²) in [7, 11) is 0. The van der Waals surface area contributed by atoms with E-state index < -0.39 is 18.1 Å². The summed E-state index contributed by atoms with van der Waals surface area (Å²) in [6, 6.07) is 10.9. The zero-order chi connectivity index (χ0) is 26.4. The fraction of sp³-hybridized carbons (Fsp3) is 0.444. The van der Waals surface area contributed by atoms with E-state index >= 15 is 0 Å². The van der Waals surface area contributed by atoms with Crippen molar-refractivity contribution < 1.29 is 17.9 Å². The van der Waals surface area contributed by atoms with Crippen molar-refractivity contribution in [3.63, 3.8) is 0 Å². The van der Waals surface area contributed by atoms with Gasteiger partial charge in [-0.3, -0.25) is 9.55 Å². The van der Waals surface area contributed by atoms with Gasteiger partial charge >= 0.3 is 0 Å². The Kier molecular flexibility index (Phi) is 8.32. The second kappa shape index (κ2) is 11.6. The Labute approximate surface area is 214 Å². The molecule has 0 amide bonds. The molecule has 4 rings (SSSR count). The van der Waals surface area contributed by atoms with Crippen LogP contribution in [0.3, 0.4) is 0 Å². The minimum absolute atomic E-state index is 0.121. The maximum absolute atomic E-state index is 14.6. The maximum Gasteiger partial charge on any atom is 0.288 e. The Hall–Kier alpha value is -3.60. The number of nitrogens with one attached hydrogen (secondary N) is 2. The number of hydrogen-bond donors (Lipinski definition) is 2. The number of anilines is 1. The number of fused-ring (bicyclic) bond motifs is 1. The third-order valence-electron chi connectivity index (χ3n) is 6.28. The fourth-order valence-corrected chi connectivity index (χ4v) is 4.08. The van der Waals surface area contributed by atoms with Crippen LogP contribution >= 0.6 is 0 Å². The first-order valence-corrected chi connectivity index (χ1v) is 12.1. The molecule has 10 heteroatoms. The molecule has 37 heavy (non-hydrogen) atoms. The van der Waals surface area contributed by atoms with Crippen LogP contribution in [-0.2, 0) is 16.7 Å². The Morgan fingerprint density at radius 3 is 2.65 bits per heavy atom. The van der Waals surface area contributed by atoms with Crippen molar-refractivity contribution in [3.05, 3.63) is 53.6 Å². The summed E-state index contributed by atoms with van der Waals surface area (Å²) in [5, 5.41) is 15.7. The lowest BCUT2D eigenvalue weighted by Crippen LogP contribution is -2.34. The Balaban J connectivity index is 1.49. The van der Waals surface area contributed by atoms with E-state index in [2.05, 4.69) is 38.5 Å². The molecule has 3 aromatic rings. The summed E-state index contributed by atoms with van der Waals surface area (Å²) in [4.78, 5) is 8.86. The Morgan fingerprint density at radius 2 is 1.97 bits per heavy atom. The van der Waals surface area contributed by atoms with Gasteiger partial charge in [-0.05, 0) is 62.9 Å². The number of aromatic nitrogens is 3. The van der Waals surface area contributed by atoms with Gasteiger partial charge in [0.2, 0.25) is 6.30 Å². The normalized spacial score (nSPS) is 15.3. The number of rotatable bonds is 8. The highest BCUT2D eigenvalue weighted by Gasteiger charge is 2.26. The SMILES string of the molecule is CC(C)(C#N)c1ccc(NCC#Cc2cc3nc(CNC4CCOCC4)ccc3n2C(F)C(F)F)cn1. The third kappa shape index (κ3) is 6.40. The quantitative estimate of drug-likeness (QED) is 0.428. The molecule has 1 atom stereocenters. The van der Waals surface area contributed by atoms with Crippen LogP contribution in [0.5, 0.6) is 0 Å². The molecule has 0 saturated carbocycles. The van der Waals surface area contributed by atoms with E-state index in [0.29, 0.717) is 29.5 Å². The summed E-state index contributed by atoms with van der Waals surface area (Å²) in [6.07, 6.45) is -2.30. The van der Waals surface area contributed by atoms with Crippen LogP contribution in [0.15, 0.2) is 36.5 Å². The molecule has 194 valence electrons. The van der Waals surface area contributed by atoms with Gasteiger partial charge in [0, 0.05) is 25.8 Å². The second-order valence-electron chi connectivity index (χ2n) is 9.41. The van der Waals surface area contributed by atoms with Gasteiger partial charge in [-0.15, -0.1) is 0 Å². The minimum atomic E-state index is -3.20. The van der Waals surface area contributed by atoms with Gasteiger partial charge in [-0.25, -0.2) is 18.2 Å². The first-order chi connectivity index (χ1) is 17.8. The lowest BCUT2D eigenvalue weighted by atomic mass is 9.91. The fourth-order valence-electron chi connectivity index (χ4n) is 4.08. The van der Waals surface area contributed by atoms with Crippen LogP contribution in [0, 0.1) is 23.2 Å². The van der Waals surface area contributed by atoms with Crippen molar-refractivity contribution in [2.24, 2.45) is 0 Å². The molecule has 0 spiro atoms. The van der Waals surface area contributed by atoms with Crippen LogP contribution in [0.25, 0.3) is 11.0 Å². The van der Waals surface area contributed by atoms with Crippen LogP contribution in [-0.4, -0.2) is 46.8 Å². The standard InChI is InChI=1S/C27H29F3N6O/c1-27(2,17-31)24-8-6-19(15-34-24)32-11-3-4-21-14-22-23(36(21)26(30)25(28)29)7-5-20(35-22)16-33-18-9-12-37-13-10-18/h5-8,14-15,18,25-26,32-33H,9-13,16H2,1-2H3. The molecule has 3 aromatic heterocycles. The van der Waals surface area contributed by atoms with E-state index in [-0.39, 0.29) is 17.8 Å². The molecular formula is C27H29F3N6O. The van der Waals surface area contributed by atoms with Crippen LogP contribution < -0.4 is 10.6 Å². The van der Waals surface area contributed by atoms with E-state index in [9.17, 15) is 18.4 Å². The molecule has 0 aromatic carbocycles. The maximum atomic E-state index is 14.6. The van der Waals surface area contributed by atoms with E-state index in [0.717, 1.165) is 36.3 Å². The summed E-state index contributed by atoms with van der Waals surface area (Å²) in [6.45, 7) is 5.70. The lowest BCUT2D eigenvalue weighted by molar-refractivity contribution is 0.0102. The van der Waals surface area contributed by atoms with Crippen LogP contribution in [0.4, 0.5) is 18.9 Å². The molecular weight excluding hydrogens is 481 g/mol. The number of halogens is 3. The van der Waals surface area contributed by atoms with Crippen molar-refractivity contribution in [2.45, 2.75) is 57.4 Å². The van der Waals surface area contributed by atoms with E-state index in [1.165, 1.54) is 6.07 Å². The molecule has 1 aliphatic rings. The van der Waals surface area contributed by atoms with Gasteiger partial charge in [0.15, 0.2) is 0 Å². The van der Waals surface area contributed by atoms with Gasteiger partial charge in [-0.1, -0.05) is 5.92 Å². The monoisotopic (exact) mass is 510 g/mol. The molecule has 1 fully saturated rings. The first-order valence-electron chi connectivity index (χ1n) is 12.1. The zero-order valence-electron chi connectivity index (χ0n) is 20.8. The molecule has 1 unspecified atom stereocenters. The predicted octanol–water partition coefficient (Wildman–Crippen LogP) is 4.70. The molecule has 0 bridgehead atoms. The van der Waals surface area contributed by atoms with Crippen molar-refractivity contribution in [2.75, 3.05) is 25.1 Å². The first kappa shape index (κ1) is 26.5. The second-order valence-corrected chi connectivity index (χ2v) is 9.41. The van der Waals surface area contributed by atoms with Gasteiger partial charge < -0.3 is 15.4 Å². The highest BCUT2D eigenvalue weighted by molar-refractivity contribution is 5.79. The minimum Gasteiger partial charge on any atom is -0.381 e. The molecule has 0 aliphatic carbocycles. The number of pyridine rings is 2. The average Bonchev–Trinajstić information content (AvgIpc) is 3.27. The van der Waals surface area contributed by atoms with Gasteiger partial charge in [0.25, 0.3) is 6.43 Å². The topological polar surface area (TPSA) is 87.8 Å². The average molecular weight is 511 g/mol. The van der Waals surface area contributed by atoms with Crippen LogP contribution in [0.1, 0.15) is 50.1 Å². The van der Waals surface area contributed by atoms with Crippen molar-refractivity contribution in [1.29, 1.82) is 5.26 Å². The molecule has 7 nitrogen and oxygen atoms in total. The smallest absolute Gasteiger partial charge is 0.288 e. The Morgan fingerprint density at radius 1 is 1.19 bits per heavy atom. The predicted molar refractivity (Wildman–Crippen MR) is 135 cm³/mol. The third-order valence-corrected chi connectivity index (χ3v) is 6.28. The highest BCUT2D eigenvalue weighted by atomic mass is 19.3. The van der Waals surface area contributed by atoms with Crippen molar-refractivity contribution in [3.8, 4) is 17.9 Å². The largest absolute Gasteiger partial charge is 0.381 e. The van der Waals surface area contributed by atoms with Gasteiger partial charge in [-0.2, -0.15) is 5.26 Å². The zero-order valence-corrected chi connectivity index (χ0v) is 20.8. The summed E-state index contributed by atoms with van der Waals surface area (Å²) in [5.74, 6) is 5.66. The number of ether oxygens (including phenoxy) is 1. The highest BCUT2D eigenvalue weighted by Crippen LogP contribution is 2.28. The van der Waals surface area contributed by atoms with E-state index in [1.807, 2.05) is 0 Å². The summed E-state index contributed by atoms with van der Waals surface area (Å²) >= 11 is 0.